The minimum atomic E-state index is -0.124. The molecular weight excluding hydrogens is 225 g/mol. The molecule has 1 aliphatic carbocycles. The van der Waals surface area contributed by atoms with E-state index < -0.39 is 0 Å². The molecule has 0 radical (unpaired) electrons. The zero-order valence-corrected chi connectivity index (χ0v) is 11.5. The first-order valence-corrected chi connectivity index (χ1v) is 7.21. The molecule has 0 saturated heterocycles. The number of benzene rings is 1. The van der Waals surface area contributed by atoms with Crippen LogP contribution in [0.5, 0.6) is 0 Å². The standard InChI is InChI=1S/C16H24FN/c1-3-10-18-16(15-9-4-6-12(15)2)13-7-5-8-14(17)11-13/h5,7-8,11-12,15-16,18H,3-4,6,9-10H2,1-2H3. The van der Waals surface area contributed by atoms with Crippen LogP contribution in [-0.2, 0) is 0 Å². The van der Waals surface area contributed by atoms with Gasteiger partial charge < -0.3 is 5.32 Å². The van der Waals surface area contributed by atoms with Gasteiger partial charge in [-0.1, -0.05) is 38.8 Å². The molecule has 0 spiro atoms. The highest BCUT2D eigenvalue weighted by Gasteiger charge is 2.31. The molecule has 2 rings (SSSR count). The minimum Gasteiger partial charge on any atom is -0.310 e. The molecule has 0 aliphatic heterocycles. The summed E-state index contributed by atoms with van der Waals surface area (Å²) in [6.45, 7) is 5.51. The Labute approximate surface area is 110 Å². The Morgan fingerprint density at radius 2 is 2.22 bits per heavy atom. The van der Waals surface area contributed by atoms with Crippen LogP contribution >= 0.6 is 0 Å². The van der Waals surface area contributed by atoms with Crippen LogP contribution in [-0.4, -0.2) is 6.54 Å². The van der Waals surface area contributed by atoms with Gasteiger partial charge in [0.05, 0.1) is 0 Å². The number of hydrogen-bond donors (Lipinski definition) is 1. The van der Waals surface area contributed by atoms with Crippen LogP contribution in [0.25, 0.3) is 0 Å². The van der Waals surface area contributed by atoms with E-state index in [-0.39, 0.29) is 5.82 Å². The molecule has 0 amide bonds. The molecule has 100 valence electrons. The fourth-order valence-corrected chi connectivity index (χ4v) is 3.19. The molecule has 2 heteroatoms. The van der Waals surface area contributed by atoms with Gasteiger partial charge in [0, 0.05) is 6.04 Å². The van der Waals surface area contributed by atoms with Crippen LogP contribution < -0.4 is 5.32 Å². The largest absolute Gasteiger partial charge is 0.310 e. The van der Waals surface area contributed by atoms with Crippen LogP contribution in [0.3, 0.4) is 0 Å². The fraction of sp³-hybridized carbons (Fsp3) is 0.625. The zero-order valence-electron chi connectivity index (χ0n) is 11.5. The second-order valence-corrected chi connectivity index (χ2v) is 5.56. The Morgan fingerprint density at radius 3 is 2.83 bits per heavy atom. The SMILES string of the molecule is CCCNC(c1cccc(F)c1)C1CCCC1C. The number of halogens is 1. The summed E-state index contributed by atoms with van der Waals surface area (Å²) in [6.07, 6.45) is 5.00. The second kappa shape index (κ2) is 6.33. The van der Waals surface area contributed by atoms with E-state index in [9.17, 15) is 4.39 Å². The van der Waals surface area contributed by atoms with Crippen molar-refractivity contribution in [1.29, 1.82) is 0 Å². The zero-order chi connectivity index (χ0) is 13.0. The smallest absolute Gasteiger partial charge is 0.123 e. The molecule has 1 fully saturated rings. The van der Waals surface area contributed by atoms with Crippen LogP contribution in [0.2, 0.25) is 0 Å². The summed E-state index contributed by atoms with van der Waals surface area (Å²) < 4.78 is 13.4. The number of rotatable bonds is 5. The minimum absolute atomic E-state index is 0.124. The molecule has 0 heterocycles. The predicted molar refractivity (Wildman–Crippen MR) is 73.9 cm³/mol. The van der Waals surface area contributed by atoms with E-state index >= 15 is 0 Å². The third-order valence-corrected chi connectivity index (χ3v) is 4.18. The molecule has 1 nitrogen and oxygen atoms in total. The van der Waals surface area contributed by atoms with E-state index in [1.54, 1.807) is 6.07 Å². The molecule has 1 aliphatic rings. The lowest BCUT2D eigenvalue weighted by molar-refractivity contribution is 0.301. The Balaban J connectivity index is 2.18. The molecule has 3 unspecified atom stereocenters. The molecule has 1 aromatic rings. The van der Waals surface area contributed by atoms with Gasteiger partial charge in [0.15, 0.2) is 0 Å². The summed E-state index contributed by atoms with van der Waals surface area (Å²) in [4.78, 5) is 0. The van der Waals surface area contributed by atoms with Gasteiger partial charge in [0.1, 0.15) is 5.82 Å². The van der Waals surface area contributed by atoms with Gasteiger partial charge in [-0.2, -0.15) is 0 Å². The summed E-state index contributed by atoms with van der Waals surface area (Å²) in [5, 5.41) is 3.62. The van der Waals surface area contributed by atoms with Crippen molar-refractivity contribution in [3.63, 3.8) is 0 Å². The van der Waals surface area contributed by atoms with E-state index in [0.29, 0.717) is 12.0 Å². The van der Waals surface area contributed by atoms with Gasteiger partial charge in [0.2, 0.25) is 0 Å². The van der Waals surface area contributed by atoms with Crippen molar-refractivity contribution in [2.24, 2.45) is 11.8 Å². The van der Waals surface area contributed by atoms with Crippen molar-refractivity contribution in [2.45, 2.75) is 45.6 Å². The average molecular weight is 249 g/mol. The highest BCUT2D eigenvalue weighted by molar-refractivity contribution is 5.21. The van der Waals surface area contributed by atoms with Crippen LogP contribution in [0.1, 0.15) is 51.1 Å². The predicted octanol–water partition coefficient (Wildman–Crippen LogP) is 4.30. The van der Waals surface area contributed by atoms with Crippen LogP contribution in [0.15, 0.2) is 24.3 Å². The summed E-state index contributed by atoms with van der Waals surface area (Å²) in [7, 11) is 0. The first-order valence-electron chi connectivity index (χ1n) is 7.21. The average Bonchev–Trinajstić information content (AvgIpc) is 2.77. The first-order chi connectivity index (χ1) is 8.72. The third kappa shape index (κ3) is 3.11. The topological polar surface area (TPSA) is 12.0 Å². The van der Waals surface area contributed by atoms with E-state index in [2.05, 4.69) is 25.2 Å². The van der Waals surface area contributed by atoms with Gasteiger partial charge in [0.25, 0.3) is 0 Å². The summed E-state index contributed by atoms with van der Waals surface area (Å²) >= 11 is 0. The van der Waals surface area contributed by atoms with Crippen molar-refractivity contribution in [3.05, 3.63) is 35.6 Å². The summed E-state index contributed by atoms with van der Waals surface area (Å²) in [5.41, 5.74) is 1.11. The Hall–Kier alpha value is -0.890. The molecule has 0 bridgehead atoms. The molecule has 1 saturated carbocycles. The maximum Gasteiger partial charge on any atom is 0.123 e. The van der Waals surface area contributed by atoms with Crippen LogP contribution in [0, 0.1) is 17.7 Å². The number of hydrogen-bond acceptors (Lipinski definition) is 1. The maximum absolute atomic E-state index is 13.4. The highest BCUT2D eigenvalue weighted by atomic mass is 19.1. The summed E-state index contributed by atoms with van der Waals surface area (Å²) in [5.74, 6) is 1.27. The lowest BCUT2D eigenvalue weighted by Gasteiger charge is -2.28. The maximum atomic E-state index is 13.4. The lowest BCUT2D eigenvalue weighted by Crippen LogP contribution is -2.30. The van der Waals surface area contributed by atoms with E-state index in [0.717, 1.165) is 24.4 Å². The number of nitrogens with one attached hydrogen (secondary N) is 1. The van der Waals surface area contributed by atoms with Crippen molar-refractivity contribution in [2.75, 3.05) is 6.54 Å². The normalized spacial score (nSPS) is 25.3. The highest BCUT2D eigenvalue weighted by Crippen LogP contribution is 2.40. The van der Waals surface area contributed by atoms with Crippen molar-refractivity contribution in [1.82, 2.24) is 5.32 Å². The first kappa shape index (κ1) is 13.5. The molecule has 18 heavy (non-hydrogen) atoms. The van der Waals surface area contributed by atoms with E-state index in [1.807, 2.05) is 6.07 Å². The van der Waals surface area contributed by atoms with Crippen molar-refractivity contribution < 1.29 is 4.39 Å². The van der Waals surface area contributed by atoms with E-state index in [1.165, 1.54) is 25.3 Å². The van der Waals surface area contributed by atoms with Gasteiger partial charge >= 0.3 is 0 Å². The van der Waals surface area contributed by atoms with Gasteiger partial charge in [-0.3, -0.25) is 0 Å². The molecule has 0 aromatic heterocycles. The molecule has 1 N–H and O–H groups in total. The molecule has 3 atom stereocenters. The van der Waals surface area contributed by atoms with E-state index in [4.69, 9.17) is 0 Å². The molecular formula is C16H24FN. The monoisotopic (exact) mass is 249 g/mol. The summed E-state index contributed by atoms with van der Waals surface area (Å²) in [6, 6.07) is 7.42. The van der Waals surface area contributed by atoms with Crippen molar-refractivity contribution >= 4 is 0 Å². The Morgan fingerprint density at radius 1 is 1.39 bits per heavy atom. The van der Waals surface area contributed by atoms with Crippen LogP contribution in [0.4, 0.5) is 4.39 Å². The van der Waals surface area contributed by atoms with Gasteiger partial charge in [-0.15, -0.1) is 0 Å². The van der Waals surface area contributed by atoms with Crippen molar-refractivity contribution in [3.8, 4) is 0 Å². The quantitative estimate of drug-likeness (QED) is 0.820. The van der Waals surface area contributed by atoms with Gasteiger partial charge in [-0.05, 0) is 48.9 Å². The fourth-order valence-electron chi connectivity index (χ4n) is 3.19. The lowest BCUT2D eigenvalue weighted by atomic mass is 9.86. The molecule has 1 aromatic carbocycles. The third-order valence-electron chi connectivity index (χ3n) is 4.18. The van der Waals surface area contributed by atoms with Gasteiger partial charge in [-0.25, -0.2) is 4.39 Å². The Kier molecular flexibility index (Phi) is 4.76. The second-order valence-electron chi connectivity index (χ2n) is 5.56. The Bertz CT molecular complexity index is 377.